The molecular weight excluding hydrogens is 464 g/mol. The van der Waals surface area contributed by atoms with Crippen LogP contribution in [0.15, 0.2) is 81.7 Å². The van der Waals surface area contributed by atoms with Gasteiger partial charge in [0.15, 0.2) is 6.04 Å². The van der Waals surface area contributed by atoms with Crippen LogP contribution in [0, 0.1) is 13.8 Å². The summed E-state index contributed by atoms with van der Waals surface area (Å²) >= 11 is 1.34. The molecule has 1 unspecified atom stereocenters. The molecule has 2 aromatic carbocycles. The number of nitrogens with one attached hydrogen (secondary N) is 3. The summed E-state index contributed by atoms with van der Waals surface area (Å²) in [5, 5.41) is 4.76. The van der Waals surface area contributed by atoms with Crippen molar-refractivity contribution < 1.29 is 9.59 Å². The highest BCUT2D eigenvalue weighted by Gasteiger charge is 2.35. The van der Waals surface area contributed by atoms with E-state index in [2.05, 4.69) is 15.3 Å². The number of anilines is 1. The Balaban J connectivity index is 1.82. The zero-order valence-corrected chi connectivity index (χ0v) is 20.0. The van der Waals surface area contributed by atoms with Crippen molar-refractivity contribution in [3.63, 3.8) is 0 Å². The third kappa shape index (κ3) is 5.64. The van der Waals surface area contributed by atoms with Gasteiger partial charge in [0, 0.05) is 23.2 Å². The summed E-state index contributed by atoms with van der Waals surface area (Å²) in [6, 6.07) is 18.6. The summed E-state index contributed by atoms with van der Waals surface area (Å²) in [5.41, 5.74) is 1.45. The Hall–Kier alpha value is -4.24. The quantitative estimate of drug-likeness (QED) is 0.370. The minimum Gasteiger partial charge on any atom is -0.350 e. The summed E-state index contributed by atoms with van der Waals surface area (Å²) in [6.07, 6.45) is 0. The molecule has 4 rings (SSSR count). The number of hydrogen-bond acceptors (Lipinski definition) is 5. The molecule has 0 bridgehead atoms. The Morgan fingerprint density at radius 2 is 1.66 bits per heavy atom. The van der Waals surface area contributed by atoms with Gasteiger partial charge in [0.25, 0.3) is 11.5 Å². The van der Waals surface area contributed by atoms with E-state index >= 15 is 0 Å². The topological polar surface area (TPSA) is 115 Å². The molecule has 3 N–H and O–H groups in total. The average molecular weight is 489 g/mol. The molecule has 35 heavy (non-hydrogen) atoms. The van der Waals surface area contributed by atoms with Crippen LogP contribution in [-0.2, 0) is 11.3 Å². The lowest BCUT2D eigenvalue weighted by atomic mass is 10.1. The second-order valence-electron chi connectivity index (χ2n) is 8.14. The lowest BCUT2D eigenvalue weighted by Gasteiger charge is -2.31. The molecule has 0 radical (unpaired) electrons. The van der Waals surface area contributed by atoms with Gasteiger partial charge in [0.1, 0.15) is 5.69 Å². The smallest absolute Gasteiger partial charge is 0.326 e. The number of amides is 2. The van der Waals surface area contributed by atoms with Crippen LogP contribution < -0.4 is 21.5 Å². The summed E-state index contributed by atoms with van der Waals surface area (Å²) in [6.45, 7) is 4.06. The molecule has 0 saturated carbocycles. The van der Waals surface area contributed by atoms with Gasteiger partial charge in [-0.1, -0.05) is 42.5 Å². The molecule has 0 aliphatic heterocycles. The molecule has 0 saturated heterocycles. The predicted octanol–water partition coefficient (Wildman–Crippen LogP) is 3.45. The van der Waals surface area contributed by atoms with Crippen molar-refractivity contribution in [3.8, 4) is 0 Å². The summed E-state index contributed by atoms with van der Waals surface area (Å²) in [5.74, 6) is -1.07. The normalized spacial score (nSPS) is 11.6. The second kappa shape index (κ2) is 10.4. The van der Waals surface area contributed by atoms with Crippen LogP contribution in [0.2, 0.25) is 0 Å². The van der Waals surface area contributed by atoms with E-state index in [1.807, 2.05) is 55.6 Å². The molecule has 4 aromatic rings. The molecule has 0 aliphatic rings. The molecule has 0 spiro atoms. The number of rotatable bonds is 7. The van der Waals surface area contributed by atoms with Crippen molar-refractivity contribution in [1.29, 1.82) is 0 Å². The molecule has 0 fully saturated rings. The number of hydrogen-bond donors (Lipinski definition) is 3. The first kappa shape index (κ1) is 23.9. The molecule has 9 heteroatoms. The zero-order valence-electron chi connectivity index (χ0n) is 19.2. The van der Waals surface area contributed by atoms with Crippen molar-refractivity contribution in [3.05, 3.63) is 120 Å². The van der Waals surface area contributed by atoms with Crippen molar-refractivity contribution in [2.45, 2.75) is 26.4 Å². The SMILES string of the molecule is Cc1cc(C)cc(N(C(=O)c2cc(=O)[nH]c(=O)[nH]2)C(C(=O)NCc2ccccc2)c2cccs2)c1. The van der Waals surface area contributed by atoms with Crippen molar-refractivity contribution in [1.82, 2.24) is 15.3 Å². The van der Waals surface area contributed by atoms with E-state index < -0.39 is 29.1 Å². The lowest BCUT2D eigenvalue weighted by Crippen LogP contribution is -2.44. The molecule has 8 nitrogen and oxygen atoms in total. The zero-order chi connectivity index (χ0) is 24.9. The predicted molar refractivity (Wildman–Crippen MR) is 136 cm³/mol. The van der Waals surface area contributed by atoms with E-state index in [9.17, 15) is 19.2 Å². The summed E-state index contributed by atoms with van der Waals surface area (Å²) in [7, 11) is 0. The van der Waals surface area contributed by atoms with Gasteiger partial charge in [-0.25, -0.2) is 4.79 Å². The number of carbonyl (C=O) groups excluding carboxylic acids is 2. The first-order valence-electron chi connectivity index (χ1n) is 10.9. The Morgan fingerprint density at radius 1 is 0.943 bits per heavy atom. The van der Waals surface area contributed by atoms with Crippen LogP contribution in [0.3, 0.4) is 0 Å². The second-order valence-corrected chi connectivity index (χ2v) is 9.12. The maximum atomic E-state index is 13.8. The Labute approximate surface area is 205 Å². The van der Waals surface area contributed by atoms with Gasteiger partial charge in [-0.3, -0.25) is 24.3 Å². The highest BCUT2D eigenvalue weighted by Crippen LogP contribution is 2.33. The van der Waals surface area contributed by atoms with Gasteiger partial charge < -0.3 is 10.3 Å². The standard InChI is InChI=1S/C26H24N4O4S/c1-16-11-17(2)13-19(12-16)30(25(33)20-14-22(31)29-26(34)28-20)23(21-9-6-10-35-21)24(32)27-15-18-7-4-3-5-8-18/h3-14,23H,15H2,1-2H3,(H,27,32)(H2,28,29,31,34). The monoisotopic (exact) mass is 488 g/mol. The minimum absolute atomic E-state index is 0.213. The fourth-order valence-electron chi connectivity index (χ4n) is 3.89. The van der Waals surface area contributed by atoms with E-state index in [-0.39, 0.29) is 12.2 Å². The van der Waals surface area contributed by atoms with Crippen LogP contribution in [0.25, 0.3) is 0 Å². The highest BCUT2D eigenvalue weighted by atomic mass is 32.1. The number of H-pyrrole nitrogens is 2. The van der Waals surface area contributed by atoms with Gasteiger partial charge in [0.05, 0.1) is 0 Å². The molecule has 1 atom stereocenters. The Bertz CT molecular complexity index is 1410. The molecule has 0 aliphatic carbocycles. The lowest BCUT2D eigenvalue weighted by molar-refractivity contribution is -0.122. The third-order valence-corrected chi connectivity index (χ3v) is 6.25. The molecule has 2 amide bonds. The van der Waals surface area contributed by atoms with E-state index in [1.165, 1.54) is 16.2 Å². The number of aromatic nitrogens is 2. The number of aromatic amines is 2. The van der Waals surface area contributed by atoms with Crippen LogP contribution in [0.5, 0.6) is 0 Å². The third-order valence-electron chi connectivity index (χ3n) is 5.32. The number of thiophene rings is 1. The maximum absolute atomic E-state index is 13.8. The van der Waals surface area contributed by atoms with Gasteiger partial charge in [0.2, 0.25) is 5.91 Å². The van der Waals surface area contributed by atoms with Crippen LogP contribution >= 0.6 is 11.3 Å². The van der Waals surface area contributed by atoms with E-state index in [1.54, 1.807) is 24.3 Å². The Morgan fingerprint density at radius 3 is 2.29 bits per heavy atom. The fourth-order valence-corrected chi connectivity index (χ4v) is 4.70. The first-order valence-corrected chi connectivity index (χ1v) is 11.8. The molecule has 2 heterocycles. The maximum Gasteiger partial charge on any atom is 0.326 e. The number of nitrogens with zero attached hydrogens (tertiary/aromatic N) is 1. The highest BCUT2D eigenvalue weighted by molar-refractivity contribution is 7.10. The van der Waals surface area contributed by atoms with Gasteiger partial charge in [-0.15, -0.1) is 11.3 Å². The molecule has 178 valence electrons. The first-order chi connectivity index (χ1) is 16.8. The van der Waals surface area contributed by atoms with Crippen molar-refractivity contribution in [2.24, 2.45) is 0 Å². The van der Waals surface area contributed by atoms with E-state index in [0.29, 0.717) is 10.6 Å². The summed E-state index contributed by atoms with van der Waals surface area (Å²) in [4.78, 5) is 57.7. The van der Waals surface area contributed by atoms with Crippen LogP contribution in [-0.4, -0.2) is 21.8 Å². The average Bonchev–Trinajstić information content (AvgIpc) is 3.34. The number of carbonyl (C=O) groups is 2. The van der Waals surface area contributed by atoms with Crippen LogP contribution in [0.4, 0.5) is 5.69 Å². The Kier molecular flexibility index (Phi) is 7.07. The van der Waals surface area contributed by atoms with E-state index in [4.69, 9.17) is 0 Å². The molecular formula is C26H24N4O4S. The largest absolute Gasteiger partial charge is 0.350 e. The molecule has 2 aromatic heterocycles. The number of aryl methyl sites for hydroxylation is 2. The minimum atomic E-state index is -1.03. The van der Waals surface area contributed by atoms with Gasteiger partial charge in [-0.05, 0) is 54.1 Å². The van der Waals surface area contributed by atoms with Crippen molar-refractivity contribution >= 4 is 28.8 Å². The fraction of sp³-hybridized carbons (Fsp3) is 0.154. The van der Waals surface area contributed by atoms with Crippen molar-refractivity contribution in [2.75, 3.05) is 4.90 Å². The summed E-state index contributed by atoms with van der Waals surface area (Å²) < 4.78 is 0. The number of benzene rings is 2. The van der Waals surface area contributed by atoms with E-state index in [0.717, 1.165) is 22.8 Å². The van der Waals surface area contributed by atoms with Crippen LogP contribution in [0.1, 0.15) is 38.1 Å². The van der Waals surface area contributed by atoms with Gasteiger partial charge in [-0.2, -0.15) is 0 Å². The van der Waals surface area contributed by atoms with Gasteiger partial charge >= 0.3 is 5.69 Å².